The largest absolute Gasteiger partial charge is 0.416 e. The molecule has 0 unspecified atom stereocenters. The molecular weight excluding hydrogens is 263 g/mol. The molecule has 0 aliphatic rings. The first kappa shape index (κ1) is 13.0. The summed E-state index contributed by atoms with van der Waals surface area (Å²) in [6, 6.07) is 1.78. The Bertz CT molecular complexity index is 607. The van der Waals surface area contributed by atoms with Gasteiger partial charge in [0.1, 0.15) is 0 Å². The lowest BCUT2D eigenvalue weighted by Crippen LogP contribution is -2.11. The van der Waals surface area contributed by atoms with E-state index in [9.17, 15) is 18.0 Å². The van der Waals surface area contributed by atoms with E-state index in [0.29, 0.717) is 0 Å². The van der Waals surface area contributed by atoms with Crippen molar-refractivity contribution < 1.29 is 18.0 Å². The number of aromatic nitrogens is 4. The quantitative estimate of drug-likeness (QED) is 0.896. The van der Waals surface area contributed by atoms with E-state index in [4.69, 9.17) is 5.73 Å². The van der Waals surface area contributed by atoms with Crippen molar-refractivity contribution in [3.63, 3.8) is 0 Å². The van der Waals surface area contributed by atoms with Gasteiger partial charge >= 0.3 is 6.18 Å². The van der Waals surface area contributed by atoms with Gasteiger partial charge in [0.2, 0.25) is 0 Å². The molecule has 2 N–H and O–H groups in total. The summed E-state index contributed by atoms with van der Waals surface area (Å²) in [7, 11) is 0. The number of primary amides is 1. The molecule has 0 aliphatic heterocycles. The molecule has 2 rings (SSSR count). The van der Waals surface area contributed by atoms with Crippen molar-refractivity contribution in [3.8, 4) is 0 Å². The van der Waals surface area contributed by atoms with Gasteiger partial charge in [-0.25, -0.2) is 4.68 Å². The Morgan fingerprint density at radius 3 is 2.74 bits per heavy atom. The second kappa shape index (κ2) is 4.67. The second-order valence-corrected chi connectivity index (χ2v) is 3.70. The summed E-state index contributed by atoms with van der Waals surface area (Å²) in [5.74, 6) is -0.761. The van der Waals surface area contributed by atoms with E-state index in [-0.39, 0.29) is 17.9 Å². The first-order chi connectivity index (χ1) is 8.86. The molecule has 0 fully saturated rings. The van der Waals surface area contributed by atoms with E-state index in [1.807, 2.05) is 0 Å². The highest BCUT2D eigenvalue weighted by Crippen LogP contribution is 2.29. The molecular formula is C10H8F3N5O. The lowest BCUT2D eigenvalue weighted by Gasteiger charge is -2.07. The van der Waals surface area contributed by atoms with Gasteiger partial charge < -0.3 is 5.73 Å². The molecule has 0 spiro atoms. The second-order valence-electron chi connectivity index (χ2n) is 3.70. The van der Waals surface area contributed by atoms with Crippen LogP contribution in [-0.2, 0) is 12.7 Å². The Labute approximate surface area is 105 Å². The number of halogens is 3. The topological polar surface area (TPSA) is 86.7 Å². The molecule has 0 aliphatic carbocycles. The molecule has 0 radical (unpaired) electrons. The highest BCUT2D eigenvalue weighted by Gasteiger charge is 2.30. The molecule has 2 aromatic heterocycles. The molecule has 19 heavy (non-hydrogen) atoms. The van der Waals surface area contributed by atoms with Crippen molar-refractivity contribution >= 4 is 5.91 Å². The Morgan fingerprint density at radius 1 is 1.42 bits per heavy atom. The van der Waals surface area contributed by atoms with Crippen LogP contribution < -0.4 is 5.73 Å². The number of amides is 1. The average Bonchev–Trinajstić information content (AvgIpc) is 2.77. The van der Waals surface area contributed by atoms with E-state index in [1.54, 1.807) is 0 Å². The van der Waals surface area contributed by atoms with Crippen LogP contribution in [0.5, 0.6) is 0 Å². The number of nitrogens with zero attached hydrogens (tertiary/aromatic N) is 4. The Kier molecular flexibility index (Phi) is 3.19. The highest BCUT2D eigenvalue weighted by molar-refractivity contribution is 5.90. The molecule has 2 aromatic rings. The number of pyridine rings is 1. The minimum Gasteiger partial charge on any atom is -0.364 e. The molecule has 0 atom stereocenters. The standard InChI is InChI=1S/C10H8F3N5O/c11-10(12,13)6-1-2-15-7(3-6)4-18-5-8(9(14)19)16-17-18/h1-3,5H,4H2,(H2,14,19). The van der Waals surface area contributed by atoms with E-state index < -0.39 is 17.6 Å². The van der Waals surface area contributed by atoms with E-state index in [2.05, 4.69) is 15.3 Å². The lowest BCUT2D eigenvalue weighted by molar-refractivity contribution is -0.137. The third kappa shape index (κ3) is 3.06. The fraction of sp³-hybridized carbons (Fsp3) is 0.200. The summed E-state index contributed by atoms with van der Waals surface area (Å²) in [4.78, 5) is 14.6. The zero-order valence-electron chi connectivity index (χ0n) is 9.42. The minimum atomic E-state index is -4.43. The van der Waals surface area contributed by atoms with Crippen LogP contribution in [0.3, 0.4) is 0 Å². The lowest BCUT2D eigenvalue weighted by atomic mass is 10.2. The third-order valence-electron chi connectivity index (χ3n) is 2.26. The first-order valence-corrected chi connectivity index (χ1v) is 5.08. The molecule has 0 saturated carbocycles. The summed E-state index contributed by atoms with van der Waals surface area (Å²) in [5.41, 5.74) is 4.27. The van der Waals surface area contributed by atoms with Crippen molar-refractivity contribution in [3.05, 3.63) is 41.5 Å². The zero-order valence-corrected chi connectivity index (χ0v) is 9.42. The number of alkyl halides is 3. The average molecular weight is 271 g/mol. The van der Waals surface area contributed by atoms with Gasteiger partial charge in [-0.2, -0.15) is 13.2 Å². The molecule has 9 heteroatoms. The third-order valence-corrected chi connectivity index (χ3v) is 2.26. The van der Waals surface area contributed by atoms with E-state index >= 15 is 0 Å². The van der Waals surface area contributed by atoms with Crippen molar-refractivity contribution in [2.24, 2.45) is 5.73 Å². The van der Waals surface area contributed by atoms with Crippen LogP contribution in [0.15, 0.2) is 24.5 Å². The zero-order chi connectivity index (χ0) is 14.0. The molecule has 2 heterocycles. The van der Waals surface area contributed by atoms with Gasteiger partial charge in [0, 0.05) is 6.20 Å². The number of rotatable bonds is 3. The van der Waals surface area contributed by atoms with Gasteiger partial charge in [0.15, 0.2) is 5.69 Å². The fourth-order valence-corrected chi connectivity index (χ4v) is 1.40. The van der Waals surface area contributed by atoms with Crippen molar-refractivity contribution in [1.82, 2.24) is 20.0 Å². The van der Waals surface area contributed by atoms with Crippen LogP contribution in [0, 0.1) is 0 Å². The van der Waals surface area contributed by atoms with Crippen LogP contribution in [0.4, 0.5) is 13.2 Å². The van der Waals surface area contributed by atoms with Crippen LogP contribution in [0.2, 0.25) is 0 Å². The number of carbonyl (C=O) groups excluding carboxylic acids is 1. The molecule has 1 amide bonds. The number of hydrogen-bond donors (Lipinski definition) is 1. The van der Waals surface area contributed by atoms with Crippen LogP contribution in [-0.4, -0.2) is 25.9 Å². The Hall–Kier alpha value is -2.45. The van der Waals surface area contributed by atoms with Crippen molar-refractivity contribution in [2.45, 2.75) is 12.7 Å². The normalized spacial score (nSPS) is 11.5. The summed E-state index contributed by atoms with van der Waals surface area (Å²) in [6.07, 6.45) is -2.13. The predicted octanol–water partition coefficient (Wildman–Crippen LogP) is 0.839. The predicted molar refractivity (Wildman–Crippen MR) is 56.9 cm³/mol. The molecule has 0 aromatic carbocycles. The molecule has 0 bridgehead atoms. The number of nitrogens with two attached hydrogens (primary N) is 1. The van der Waals surface area contributed by atoms with Gasteiger partial charge in [-0.05, 0) is 12.1 Å². The Balaban J connectivity index is 2.21. The smallest absolute Gasteiger partial charge is 0.364 e. The fourth-order valence-electron chi connectivity index (χ4n) is 1.40. The highest BCUT2D eigenvalue weighted by atomic mass is 19.4. The number of carbonyl (C=O) groups is 1. The molecule has 0 saturated heterocycles. The maximum Gasteiger partial charge on any atom is 0.416 e. The van der Waals surface area contributed by atoms with Crippen molar-refractivity contribution in [2.75, 3.05) is 0 Å². The first-order valence-electron chi connectivity index (χ1n) is 5.08. The minimum absolute atomic E-state index is 0.0375. The van der Waals surface area contributed by atoms with E-state index in [0.717, 1.165) is 18.3 Å². The summed E-state index contributed by atoms with van der Waals surface area (Å²) < 4.78 is 38.7. The Morgan fingerprint density at radius 2 is 2.16 bits per heavy atom. The SMILES string of the molecule is NC(=O)c1cn(Cc2cc(C(F)(F)F)ccn2)nn1. The maximum atomic E-state index is 12.5. The van der Waals surface area contributed by atoms with Gasteiger partial charge in [-0.1, -0.05) is 5.21 Å². The monoisotopic (exact) mass is 271 g/mol. The summed E-state index contributed by atoms with van der Waals surface area (Å²) in [6.45, 7) is -0.0375. The van der Waals surface area contributed by atoms with Crippen LogP contribution in [0.1, 0.15) is 21.7 Å². The summed E-state index contributed by atoms with van der Waals surface area (Å²) in [5, 5.41) is 7.04. The number of hydrogen-bond acceptors (Lipinski definition) is 4. The van der Waals surface area contributed by atoms with Gasteiger partial charge in [0.05, 0.1) is 24.0 Å². The van der Waals surface area contributed by atoms with Crippen LogP contribution >= 0.6 is 0 Å². The van der Waals surface area contributed by atoms with E-state index in [1.165, 1.54) is 10.9 Å². The van der Waals surface area contributed by atoms with Crippen LogP contribution in [0.25, 0.3) is 0 Å². The molecule has 100 valence electrons. The summed E-state index contributed by atoms with van der Waals surface area (Å²) >= 11 is 0. The van der Waals surface area contributed by atoms with Gasteiger partial charge in [-0.3, -0.25) is 9.78 Å². The van der Waals surface area contributed by atoms with Gasteiger partial charge in [0.25, 0.3) is 5.91 Å². The van der Waals surface area contributed by atoms with Crippen molar-refractivity contribution in [1.29, 1.82) is 0 Å². The molecule has 6 nitrogen and oxygen atoms in total. The maximum absolute atomic E-state index is 12.5. The van der Waals surface area contributed by atoms with Gasteiger partial charge in [-0.15, -0.1) is 5.10 Å².